The van der Waals surface area contributed by atoms with Crippen molar-refractivity contribution in [3.05, 3.63) is 34.4 Å². The van der Waals surface area contributed by atoms with Gasteiger partial charge in [-0.2, -0.15) is 0 Å². The summed E-state index contributed by atoms with van der Waals surface area (Å²) in [6.45, 7) is 23.6. The summed E-state index contributed by atoms with van der Waals surface area (Å²) in [6, 6.07) is 2.99. The average molecular weight is 1090 g/mol. The summed E-state index contributed by atoms with van der Waals surface area (Å²) >= 11 is 0. The quantitative estimate of drug-likeness (QED) is 0.0307. The van der Waals surface area contributed by atoms with Crippen molar-refractivity contribution in [2.75, 3.05) is 26.4 Å². The van der Waals surface area contributed by atoms with Gasteiger partial charge in [0.25, 0.3) is 0 Å². The minimum absolute atomic E-state index is 0.0265. The smallest absolute Gasteiger partial charge is 0.316 e. The molecular weight excluding hydrogens is 989 g/mol. The molecule has 0 N–H and O–H groups in total. The first-order valence-electron chi connectivity index (χ1n) is 30.5. The molecule has 2 aromatic rings. The van der Waals surface area contributed by atoms with Crippen LogP contribution in [0.1, 0.15) is 282 Å². The van der Waals surface area contributed by atoms with Crippen molar-refractivity contribution in [3.63, 3.8) is 0 Å². The molecule has 2 radical (unpaired) electrons. The van der Waals surface area contributed by atoms with Gasteiger partial charge in [-0.1, -0.05) is 156 Å². The molecule has 5 rings (SSSR count). The third kappa shape index (κ3) is 16.0. The van der Waals surface area contributed by atoms with Gasteiger partial charge < -0.3 is 28.4 Å². The Morgan fingerprint density at radius 1 is 0.423 bits per heavy atom. The zero-order valence-corrected chi connectivity index (χ0v) is 50.3. The highest BCUT2D eigenvalue weighted by Gasteiger charge is 2.58. The number of carbonyl (C=O) groups is 4. The van der Waals surface area contributed by atoms with Crippen LogP contribution in [0.5, 0.6) is 34.5 Å². The molecule has 2 atom stereocenters. The zero-order valence-electron chi connectivity index (χ0n) is 50.3. The van der Waals surface area contributed by atoms with E-state index in [1.54, 1.807) is 55.4 Å². The Balaban J connectivity index is 1.73. The first-order valence-corrected chi connectivity index (χ1v) is 30.5. The Morgan fingerprint density at radius 3 is 0.962 bits per heavy atom. The largest absolute Gasteiger partial charge is 0.490 e. The number of ether oxygens (including phenoxy) is 6. The van der Waals surface area contributed by atoms with Gasteiger partial charge in [0.1, 0.15) is 0 Å². The van der Waals surface area contributed by atoms with E-state index < -0.39 is 57.5 Å². The molecule has 14 nitrogen and oxygen atoms in total. The summed E-state index contributed by atoms with van der Waals surface area (Å²) in [6.07, 6.45) is 24.1. The lowest BCUT2D eigenvalue weighted by Gasteiger charge is -2.33. The lowest BCUT2D eigenvalue weighted by Crippen LogP contribution is -2.48. The molecule has 2 heterocycles. The van der Waals surface area contributed by atoms with E-state index in [2.05, 4.69) is 27.7 Å². The lowest BCUT2D eigenvalue weighted by molar-refractivity contribution is -0.248. The van der Waals surface area contributed by atoms with Gasteiger partial charge in [0.05, 0.1) is 60.5 Å². The number of nitrogens with zero attached hydrogens (tertiary/aromatic N) is 2. The topological polar surface area (TPSA) is 170 Å². The van der Waals surface area contributed by atoms with E-state index >= 15 is 9.59 Å². The summed E-state index contributed by atoms with van der Waals surface area (Å²) in [5.41, 5.74) is -4.86. The highest BCUT2D eigenvalue weighted by Crippen LogP contribution is 2.53. The molecule has 14 heteroatoms. The van der Waals surface area contributed by atoms with E-state index in [1.807, 2.05) is 0 Å². The van der Waals surface area contributed by atoms with Gasteiger partial charge in [0.2, 0.25) is 11.5 Å². The van der Waals surface area contributed by atoms with Crippen molar-refractivity contribution in [3.8, 4) is 34.5 Å². The molecule has 78 heavy (non-hydrogen) atoms. The van der Waals surface area contributed by atoms with E-state index in [-0.39, 0.29) is 96.0 Å². The molecule has 2 fully saturated rings. The number of hydrogen-bond donors (Lipinski definition) is 0. The fraction of sp³-hybridized carbons (Fsp3) is 0.750. The van der Waals surface area contributed by atoms with Crippen molar-refractivity contribution < 1.29 is 58.0 Å². The second-order valence-electron chi connectivity index (χ2n) is 24.9. The second-order valence-corrected chi connectivity index (χ2v) is 24.9. The van der Waals surface area contributed by atoms with Crippen LogP contribution in [0.25, 0.3) is 0 Å². The van der Waals surface area contributed by atoms with Crippen molar-refractivity contribution in [2.45, 2.75) is 272 Å². The van der Waals surface area contributed by atoms with Crippen molar-refractivity contribution in [1.29, 1.82) is 0 Å². The Morgan fingerprint density at radius 2 is 0.692 bits per heavy atom. The molecular formula is C64H100N2O12. The number of fused-ring (bicyclic) bond motifs is 2. The Kier molecular flexibility index (Phi) is 24.8. The van der Waals surface area contributed by atoms with Crippen LogP contribution in [0.15, 0.2) is 12.1 Å². The molecule has 1 aliphatic carbocycles. The van der Waals surface area contributed by atoms with Crippen molar-refractivity contribution in [2.24, 2.45) is 11.8 Å². The summed E-state index contributed by atoms with van der Waals surface area (Å²) in [5, 5.41) is 29.3. The van der Waals surface area contributed by atoms with Crippen LogP contribution in [0.3, 0.4) is 0 Å². The highest BCUT2D eigenvalue weighted by atomic mass is 16.6. The standard InChI is InChI=1S/C64H100N2O12/c1-13-17-21-25-29-33-37-73-49-41-45-51(57(55(49)75-39-35-31-27-23-19-15-3)77-59(69)47-43-61(5,6)65(71)63(47,9)10)54(68)46-42-50(74-38-34-30-26-22-18-14-2)56(76-40-36-32-28-24-20-16-4)58(52(46)53(45)67)78-60(70)48-44-62(7,8)66(72)64(48,11)12/h41-42,47-48H,13-40,43-44H2,1-12H3. The summed E-state index contributed by atoms with van der Waals surface area (Å²) < 4.78 is 39.4. The maximum Gasteiger partial charge on any atom is 0.316 e. The van der Waals surface area contributed by atoms with Gasteiger partial charge in [-0.05, 0) is 106 Å². The zero-order chi connectivity index (χ0) is 57.3. The number of ketones is 2. The van der Waals surface area contributed by atoms with E-state index in [4.69, 9.17) is 28.4 Å². The number of esters is 2. The van der Waals surface area contributed by atoms with Crippen LogP contribution in [-0.4, -0.2) is 82.2 Å². The molecule has 438 valence electrons. The molecule has 0 spiro atoms. The molecule has 3 aliphatic rings. The van der Waals surface area contributed by atoms with Gasteiger partial charge in [-0.15, -0.1) is 20.5 Å². The summed E-state index contributed by atoms with van der Waals surface area (Å²) in [4.78, 5) is 61.4. The minimum atomic E-state index is -1.18. The minimum Gasteiger partial charge on any atom is -0.490 e. The predicted molar refractivity (Wildman–Crippen MR) is 304 cm³/mol. The second kappa shape index (κ2) is 30.0. The van der Waals surface area contributed by atoms with Crippen LogP contribution < -0.4 is 28.4 Å². The third-order valence-corrected chi connectivity index (χ3v) is 16.6. The number of carbonyl (C=O) groups excluding carboxylic acids is 4. The Hall–Kier alpha value is -4.24. The molecule has 0 bridgehead atoms. The van der Waals surface area contributed by atoms with Crippen LogP contribution in [0, 0.1) is 11.8 Å². The number of benzene rings is 2. The fourth-order valence-electron chi connectivity index (χ4n) is 11.8. The lowest BCUT2D eigenvalue weighted by atomic mass is 9.81. The number of unbranched alkanes of at least 4 members (excludes halogenated alkanes) is 20. The van der Waals surface area contributed by atoms with E-state index in [9.17, 15) is 20.0 Å². The number of hydrogen-bond acceptors (Lipinski definition) is 12. The Bertz CT molecular complexity index is 2130. The molecule has 2 saturated heterocycles. The highest BCUT2D eigenvalue weighted by molar-refractivity contribution is 6.31. The summed E-state index contributed by atoms with van der Waals surface area (Å²) in [5.74, 6) is -4.94. The SMILES string of the molecule is CCCCCCCCOc1cc2c(c(OC(=O)C3CC(C)(C)N([O])C3(C)C)c1OCCCCCCCC)C(=O)c1cc(OCCCCCCCC)c(OCCCCCCCC)c(OC(=O)C3CC(C)(C)N([O])C3(C)C)c1C2=O. The first-order chi connectivity index (χ1) is 37.1. The van der Waals surface area contributed by atoms with Crippen molar-refractivity contribution >= 4 is 23.5 Å². The van der Waals surface area contributed by atoms with E-state index in [0.717, 1.165) is 139 Å². The monoisotopic (exact) mass is 1090 g/mol. The van der Waals surface area contributed by atoms with Gasteiger partial charge >= 0.3 is 11.9 Å². The molecule has 2 unspecified atom stereocenters. The maximum atomic E-state index is 15.9. The van der Waals surface area contributed by atoms with Crippen molar-refractivity contribution in [1.82, 2.24) is 10.1 Å². The summed E-state index contributed by atoms with van der Waals surface area (Å²) in [7, 11) is 0. The van der Waals surface area contributed by atoms with Crippen LogP contribution >= 0.6 is 0 Å². The average Bonchev–Trinajstić information content (AvgIpc) is 3.87. The van der Waals surface area contributed by atoms with Crippen LogP contribution in [0.2, 0.25) is 0 Å². The predicted octanol–water partition coefficient (Wildman–Crippen LogP) is 15.7. The molecule has 2 aromatic carbocycles. The molecule has 0 aromatic heterocycles. The normalized spacial score (nSPS) is 19.2. The van der Waals surface area contributed by atoms with Crippen LogP contribution in [0.4, 0.5) is 0 Å². The molecule has 0 saturated carbocycles. The first kappa shape index (κ1) is 64.6. The molecule has 2 aliphatic heterocycles. The number of hydroxylamine groups is 4. The van der Waals surface area contributed by atoms with E-state index in [0.29, 0.717) is 25.7 Å². The van der Waals surface area contributed by atoms with Gasteiger partial charge in [-0.25, -0.2) is 0 Å². The third-order valence-electron chi connectivity index (χ3n) is 16.6. The number of rotatable bonds is 36. The van der Waals surface area contributed by atoms with E-state index in [1.165, 1.54) is 12.1 Å². The van der Waals surface area contributed by atoms with Crippen LogP contribution in [-0.2, 0) is 20.0 Å². The molecule has 0 amide bonds. The van der Waals surface area contributed by atoms with Gasteiger partial charge in [0, 0.05) is 22.2 Å². The maximum absolute atomic E-state index is 15.9. The Labute approximate surface area is 469 Å². The van der Waals surface area contributed by atoms with Gasteiger partial charge in [-0.3, -0.25) is 19.2 Å². The van der Waals surface area contributed by atoms with Gasteiger partial charge in [0.15, 0.2) is 34.6 Å². The fourth-order valence-corrected chi connectivity index (χ4v) is 11.8.